The normalized spacial score (nSPS) is 22.7. The minimum absolute atomic E-state index is 0.521. The summed E-state index contributed by atoms with van der Waals surface area (Å²) in [5, 5.41) is 0. The maximum absolute atomic E-state index is 4.89. The van der Waals surface area contributed by atoms with Crippen LogP contribution in [0.4, 0.5) is 0 Å². The van der Waals surface area contributed by atoms with Crippen LogP contribution in [0.25, 0.3) is 20.4 Å². The average molecular weight is 458 g/mol. The highest BCUT2D eigenvalue weighted by Crippen LogP contribution is 2.46. The van der Waals surface area contributed by atoms with E-state index in [0.717, 1.165) is 25.6 Å². The Morgan fingerprint density at radius 2 is 1.38 bits per heavy atom. The molecule has 1 saturated carbocycles. The second-order valence-corrected chi connectivity index (χ2v) is 12.4. The van der Waals surface area contributed by atoms with Crippen LogP contribution in [0.15, 0.2) is 57.2 Å². The lowest BCUT2D eigenvalue weighted by atomic mass is 9.78. The smallest absolute Gasteiger partial charge is 0.167 e. The molecule has 0 spiro atoms. The molecule has 0 aliphatic heterocycles. The topological polar surface area (TPSA) is 29.0 Å². The Kier molecular flexibility index (Phi) is 5.85. The number of nitrogens with zero attached hydrogens (tertiary/aromatic N) is 3. The highest BCUT2D eigenvalue weighted by Gasteiger charge is 2.34. The first-order chi connectivity index (χ1) is 14.2. The quantitative estimate of drug-likeness (QED) is 0.286. The second kappa shape index (κ2) is 8.55. The van der Waals surface area contributed by atoms with Gasteiger partial charge in [0, 0.05) is 29.9 Å². The van der Waals surface area contributed by atoms with Crippen molar-refractivity contribution in [2.45, 2.75) is 47.8 Å². The molecule has 0 N–H and O–H groups in total. The van der Waals surface area contributed by atoms with Crippen LogP contribution in [-0.2, 0) is 0 Å². The molecular weight excluding hydrogens is 435 g/mol. The molecule has 2 heterocycles. The Morgan fingerprint density at radius 3 is 1.93 bits per heavy atom. The van der Waals surface area contributed by atoms with Crippen LogP contribution in [0.5, 0.6) is 0 Å². The summed E-state index contributed by atoms with van der Waals surface area (Å²) >= 11 is 7.18. The summed E-state index contributed by atoms with van der Waals surface area (Å²) in [5.74, 6) is 1.41. The van der Waals surface area contributed by atoms with Crippen molar-refractivity contribution in [3.63, 3.8) is 0 Å². The van der Waals surface area contributed by atoms with Crippen molar-refractivity contribution in [3.05, 3.63) is 48.5 Å². The zero-order valence-corrected chi connectivity index (χ0v) is 19.7. The first kappa shape index (κ1) is 19.8. The molecule has 3 unspecified atom stereocenters. The van der Waals surface area contributed by atoms with Crippen molar-refractivity contribution in [2.24, 2.45) is 11.8 Å². The van der Waals surface area contributed by atoms with Crippen molar-refractivity contribution < 1.29 is 0 Å². The number of thiazole rings is 2. The summed E-state index contributed by atoms with van der Waals surface area (Å²) in [6.45, 7) is 4.82. The summed E-state index contributed by atoms with van der Waals surface area (Å²) in [4.78, 5) is 9.77. The molecule has 29 heavy (non-hydrogen) atoms. The van der Waals surface area contributed by atoms with Crippen molar-refractivity contribution in [1.82, 2.24) is 13.7 Å². The Balaban J connectivity index is 1.46. The number of para-hydroxylation sites is 2. The van der Waals surface area contributed by atoms with Gasteiger partial charge in [-0.15, -0.1) is 22.7 Å². The van der Waals surface area contributed by atoms with E-state index in [-0.39, 0.29) is 0 Å². The van der Waals surface area contributed by atoms with Gasteiger partial charge >= 0.3 is 0 Å². The van der Waals surface area contributed by atoms with Crippen LogP contribution in [0.3, 0.4) is 0 Å². The van der Waals surface area contributed by atoms with E-state index in [9.17, 15) is 0 Å². The van der Waals surface area contributed by atoms with Gasteiger partial charge in [-0.3, -0.25) is 0 Å². The molecule has 1 aliphatic rings. The predicted molar refractivity (Wildman–Crippen MR) is 129 cm³/mol. The van der Waals surface area contributed by atoms with Gasteiger partial charge < -0.3 is 0 Å². The zero-order valence-electron chi connectivity index (χ0n) is 16.4. The number of hydrogen-bond donors (Lipinski definition) is 0. The third-order valence-corrected chi connectivity index (χ3v) is 10.3. The standard InChI is InChI=1S/C22H23N3S4/c1-14-8-7-11-18(15(14)2)25(28-21-23-16-9-3-5-12-19(16)26-21)29-22-24-17-10-4-6-13-20(17)27-22/h3-6,9-10,12-15,18H,7-8,11H2,1-2H3. The Hall–Kier alpha value is -1.12. The van der Waals surface area contributed by atoms with Gasteiger partial charge in [0.25, 0.3) is 0 Å². The molecule has 1 fully saturated rings. The summed E-state index contributed by atoms with van der Waals surface area (Å²) in [6, 6.07) is 17.4. The van der Waals surface area contributed by atoms with Crippen molar-refractivity contribution in [3.8, 4) is 0 Å². The van der Waals surface area contributed by atoms with E-state index in [1.54, 1.807) is 46.6 Å². The van der Waals surface area contributed by atoms with Gasteiger partial charge in [-0.25, -0.2) is 9.97 Å². The molecule has 0 bridgehead atoms. The molecule has 2 aromatic carbocycles. The van der Waals surface area contributed by atoms with Crippen molar-refractivity contribution >= 4 is 67.0 Å². The number of rotatable bonds is 5. The minimum Gasteiger partial charge on any atom is -0.228 e. The monoisotopic (exact) mass is 457 g/mol. The molecule has 3 nitrogen and oxygen atoms in total. The SMILES string of the molecule is CC1CCCC(N(Sc2nc3ccccc3s2)Sc2nc3ccccc3s2)C1C. The molecule has 0 amide bonds. The van der Waals surface area contributed by atoms with Gasteiger partial charge in [-0.2, -0.15) is 3.71 Å². The van der Waals surface area contributed by atoms with Gasteiger partial charge in [0.05, 0.1) is 20.4 Å². The molecule has 1 aliphatic carbocycles. The fourth-order valence-electron chi connectivity index (χ4n) is 3.94. The van der Waals surface area contributed by atoms with Crippen LogP contribution < -0.4 is 0 Å². The first-order valence-corrected chi connectivity index (χ1v) is 13.2. The Bertz CT molecular complexity index is 979. The minimum atomic E-state index is 0.521. The van der Waals surface area contributed by atoms with E-state index in [2.05, 4.69) is 66.1 Å². The number of fused-ring (bicyclic) bond motifs is 2. The van der Waals surface area contributed by atoms with Crippen LogP contribution in [0.2, 0.25) is 0 Å². The van der Waals surface area contributed by atoms with Crippen LogP contribution in [0.1, 0.15) is 33.1 Å². The van der Waals surface area contributed by atoms with Gasteiger partial charge in [0.1, 0.15) is 0 Å². The fourth-order valence-corrected chi connectivity index (χ4v) is 8.96. The highest BCUT2D eigenvalue weighted by molar-refractivity contribution is 8.13. The average Bonchev–Trinajstić information content (AvgIpc) is 3.32. The van der Waals surface area contributed by atoms with Gasteiger partial charge in [-0.05, 0) is 42.5 Å². The second-order valence-electron chi connectivity index (χ2n) is 7.70. The highest BCUT2D eigenvalue weighted by atomic mass is 32.2. The zero-order chi connectivity index (χ0) is 19.8. The third-order valence-electron chi connectivity index (χ3n) is 5.82. The number of hydrogen-bond acceptors (Lipinski definition) is 7. The number of benzene rings is 2. The van der Waals surface area contributed by atoms with E-state index in [1.807, 2.05) is 0 Å². The van der Waals surface area contributed by atoms with E-state index in [4.69, 9.17) is 9.97 Å². The Labute approximate surface area is 188 Å². The largest absolute Gasteiger partial charge is 0.228 e. The van der Waals surface area contributed by atoms with E-state index < -0.39 is 0 Å². The molecule has 4 aromatic rings. The lowest BCUT2D eigenvalue weighted by Crippen LogP contribution is -2.37. The van der Waals surface area contributed by atoms with E-state index >= 15 is 0 Å². The predicted octanol–water partition coefficient (Wildman–Crippen LogP) is 7.75. The molecule has 7 heteroatoms. The van der Waals surface area contributed by atoms with Crippen LogP contribution >= 0.6 is 46.6 Å². The van der Waals surface area contributed by atoms with E-state index in [1.165, 1.54) is 28.7 Å². The summed E-state index contributed by atoms with van der Waals surface area (Å²) in [7, 11) is 0. The maximum Gasteiger partial charge on any atom is 0.167 e. The molecule has 2 aromatic heterocycles. The third kappa shape index (κ3) is 4.21. The maximum atomic E-state index is 4.89. The molecule has 150 valence electrons. The Morgan fingerprint density at radius 1 is 0.828 bits per heavy atom. The summed E-state index contributed by atoms with van der Waals surface area (Å²) < 4.78 is 7.24. The summed E-state index contributed by atoms with van der Waals surface area (Å²) in [5.41, 5.74) is 2.19. The van der Waals surface area contributed by atoms with E-state index in [0.29, 0.717) is 12.0 Å². The lowest BCUT2D eigenvalue weighted by molar-refractivity contribution is 0.196. The van der Waals surface area contributed by atoms with Gasteiger partial charge in [0.15, 0.2) is 8.68 Å². The first-order valence-electron chi connectivity index (χ1n) is 10.0. The number of aromatic nitrogens is 2. The summed E-state index contributed by atoms with van der Waals surface area (Å²) in [6.07, 6.45) is 3.87. The lowest BCUT2D eigenvalue weighted by Gasteiger charge is -2.39. The molecule has 0 radical (unpaired) electrons. The van der Waals surface area contributed by atoms with Crippen LogP contribution in [0, 0.1) is 11.8 Å². The molecule has 5 rings (SSSR count). The molecule has 0 saturated heterocycles. The van der Waals surface area contributed by atoms with Gasteiger partial charge in [0.2, 0.25) is 0 Å². The fraction of sp³-hybridized carbons (Fsp3) is 0.364. The van der Waals surface area contributed by atoms with Gasteiger partial charge in [-0.1, -0.05) is 51.0 Å². The molecular formula is C22H23N3S4. The molecule has 3 atom stereocenters. The van der Waals surface area contributed by atoms with Crippen LogP contribution in [-0.4, -0.2) is 19.7 Å². The van der Waals surface area contributed by atoms with Crippen molar-refractivity contribution in [2.75, 3.05) is 0 Å². The van der Waals surface area contributed by atoms with Crippen molar-refractivity contribution in [1.29, 1.82) is 0 Å².